The number of rotatable bonds is 8. The number of amides is 4. The van der Waals surface area contributed by atoms with Gasteiger partial charge < -0.3 is 15.7 Å². The van der Waals surface area contributed by atoms with Crippen LogP contribution in [0.15, 0.2) is 30.3 Å². The van der Waals surface area contributed by atoms with Crippen molar-refractivity contribution in [3.63, 3.8) is 0 Å². The van der Waals surface area contributed by atoms with Crippen molar-refractivity contribution < 1.29 is 19.5 Å². The zero-order valence-electron chi connectivity index (χ0n) is 14.6. The summed E-state index contributed by atoms with van der Waals surface area (Å²) in [5.41, 5.74) is 0.868. The van der Waals surface area contributed by atoms with E-state index in [0.717, 1.165) is 5.56 Å². The average molecular weight is 347 g/mol. The fourth-order valence-electron chi connectivity index (χ4n) is 2.67. The summed E-state index contributed by atoms with van der Waals surface area (Å²) in [7, 11) is 0. The summed E-state index contributed by atoms with van der Waals surface area (Å²) >= 11 is 0. The van der Waals surface area contributed by atoms with Crippen molar-refractivity contribution in [2.24, 2.45) is 5.92 Å². The number of nitrogens with one attached hydrogen (secondary N) is 2. The van der Waals surface area contributed by atoms with Crippen LogP contribution in [0.5, 0.6) is 0 Å². The van der Waals surface area contributed by atoms with Crippen LogP contribution in [0.4, 0.5) is 4.79 Å². The molecule has 7 heteroatoms. The molecule has 0 spiro atoms. The van der Waals surface area contributed by atoms with Crippen molar-refractivity contribution in [3.05, 3.63) is 35.9 Å². The van der Waals surface area contributed by atoms with E-state index in [1.165, 1.54) is 4.90 Å². The second kappa shape index (κ2) is 8.62. The minimum absolute atomic E-state index is 0.110. The van der Waals surface area contributed by atoms with Crippen LogP contribution in [-0.2, 0) is 16.1 Å². The minimum Gasteiger partial charge on any atom is -0.394 e. The summed E-state index contributed by atoms with van der Waals surface area (Å²) in [6, 6.07) is 7.83. The summed E-state index contributed by atoms with van der Waals surface area (Å²) in [4.78, 5) is 37.6. The van der Waals surface area contributed by atoms with Crippen molar-refractivity contribution in [1.82, 2.24) is 15.5 Å². The van der Waals surface area contributed by atoms with Gasteiger partial charge in [-0.25, -0.2) is 4.79 Å². The first-order valence-corrected chi connectivity index (χ1v) is 8.48. The highest BCUT2D eigenvalue weighted by atomic mass is 16.3. The number of imide groups is 1. The van der Waals surface area contributed by atoms with E-state index in [-0.39, 0.29) is 49.8 Å². The van der Waals surface area contributed by atoms with Gasteiger partial charge in [-0.15, -0.1) is 0 Å². The van der Waals surface area contributed by atoms with Crippen molar-refractivity contribution in [2.75, 3.05) is 6.61 Å². The van der Waals surface area contributed by atoms with Crippen LogP contribution in [0, 0.1) is 5.92 Å². The van der Waals surface area contributed by atoms with Crippen LogP contribution >= 0.6 is 0 Å². The quantitative estimate of drug-likeness (QED) is 0.612. The van der Waals surface area contributed by atoms with E-state index in [9.17, 15) is 19.5 Å². The Kier molecular flexibility index (Phi) is 6.52. The van der Waals surface area contributed by atoms with Crippen LogP contribution in [-0.4, -0.2) is 46.5 Å². The van der Waals surface area contributed by atoms with Gasteiger partial charge in [-0.1, -0.05) is 44.2 Å². The number of urea groups is 1. The van der Waals surface area contributed by atoms with E-state index in [4.69, 9.17) is 0 Å². The van der Waals surface area contributed by atoms with Crippen LogP contribution in [0.3, 0.4) is 0 Å². The lowest BCUT2D eigenvalue weighted by atomic mass is 10.0. The number of hydrogen-bond acceptors (Lipinski definition) is 4. The second-order valence-electron chi connectivity index (χ2n) is 6.55. The van der Waals surface area contributed by atoms with E-state index in [2.05, 4.69) is 10.6 Å². The molecule has 1 saturated heterocycles. The van der Waals surface area contributed by atoms with Gasteiger partial charge in [-0.05, 0) is 17.9 Å². The zero-order chi connectivity index (χ0) is 18.4. The molecule has 2 atom stereocenters. The number of hydrogen-bond donors (Lipinski definition) is 3. The molecule has 136 valence electrons. The first kappa shape index (κ1) is 18.9. The number of aliphatic hydroxyl groups excluding tert-OH is 1. The molecule has 25 heavy (non-hydrogen) atoms. The van der Waals surface area contributed by atoms with Crippen molar-refractivity contribution in [3.8, 4) is 0 Å². The van der Waals surface area contributed by atoms with Gasteiger partial charge in [0, 0.05) is 6.42 Å². The molecule has 7 nitrogen and oxygen atoms in total. The molecule has 0 aromatic heterocycles. The molecular formula is C18H25N3O4. The number of benzene rings is 1. The fraction of sp³-hybridized carbons (Fsp3) is 0.500. The Hall–Kier alpha value is -2.41. The number of carbonyl (C=O) groups is 3. The predicted octanol–water partition coefficient (Wildman–Crippen LogP) is 1.02. The van der Waals surface area contributed by atoms with Crippen molar-refractivity contribution in [1.29, 1.82) is 0 Å². The van der Waals surface area contributed by atoms with E-state index in [0.29, 0.717) is 0 Å². The lowest BCUT2D eigenvalue weighted by Gasteiger charge is -2.20. The van der Waals surface area contributed by atoms with E-state index in [1.807, 2.05) is 44.2 Å². The molecule has 1 aliphatic heterocycles. The maximum absolute atomic E-state index is 12.4. The highest BCUT2D eigenvalue weighted by molar-refractivity contribution is 6.04. The van der Waals surface area contributed by atoms with Gasteiger partial charge in [0.25, 0.3) is 5.91 Å². The third kappa shape index (κ3) is 5.03. The third-order valence-electron chi connectivity index (χ3n) is 4.30. The smallest absolute Gasteiger partial charge is 0.325 e. The first-order chi connectivity index (χ1) is 11.9. The molecule has 0 radical (unpaired) electrons. The number of aliphatic hydroxyl groups is 1. The van der Waals surface area contributed by atoms with Crippen molar-refractivity contribution in [2.45, 2.75) is 45.3 Å². The summed E-state index contributed by atoms with van der Waals surface area (Å²) in [5.74, 6) is -0.441. The Morgan fingerprint density at radius 1 is 1.28 bits per heavy atom. The summed E-state index contributed by atoms with van der Waals surface area (Å²) in [6.45, 7) is 3.90. The normalized spacial score (nSPS) is 18.4. The lowest BCUT2D eigenvalue weighted by Crippen LogP contribution is -2.42. The molecule has 1 aromatic rings. The second-order valence-corrected chi connectivity index (χ2v) is 6.55. The molecular weight excluding hydrogens is 322 g/mol. The summed E-state index contributed by atoms with van der Waals surface area (Å²) in [6.07, 6.45) is 0.344. The summed E-state index contributed by atoms with van der Waals surface area (Å²) < 4.78 is 0. The standard InChI is InChI=1S/C18H25N3O4/c1-12(2)15(11-22)19-16(23)9-8-14-17(24)21(18(25)20-14)10-13-6-4-3-5-7-13/h3-7,12,14-15,22H,8-11H2,1-2H3,(H,19,23)(H,20,25)/t14-,15-/m1/s1. The first-order valence-electron chi connectivity index (χ1n) is 8.48. The Labute approximate surface area is 147 Å². The maximum Gasteiger partial charge on any atom is 0.325 e. The Morgan fingerprint density at radius 2 is 1.96 bits per heavy atom. The average Bonchev–Trinajstić information content (AvgIpc) is 2.86. The third-order valence-corrected chi connectivity index (χ3v) is 4.30. The molecule has 3 N–H and O–H groups in total. The molecule has 4 amide bonds. The number of nitrogens with zero attached hydrogens (tertiary/aromatic N) is 1. The van der Waals surface area contributed by atoms with Crippen LogP contribution < -0.4 is 10.6 Å². The van der Waals surface area contributed by atoms with E-state index >= 15 is 0 Å². The maximum atomic E-state index is 12.4. The van der Waals surface area contributed by atoms with Gasteiger partial charge in [0.1, 0.15) is 6.04 Å². The highest BCUT2D eigenvalue weighted by Gasteiger charge is 2.37. The van der Waals surface area contributed by atoms with Gasteiger partial charge in [0.05, 0.1) is 19.2 Å². The Bertz CT molecular complexity index is 618. The molecule has 2 rings (SSSR count). The topological polar surface area (TPSA) is 98.7 Å². The Balaban J connectivity index is 1.86. The molecule has 0 bridgehead atoms. The zero-order valence-corrected chi connectivity index (χ0v) is 14.6. The minimum atomic E-state index is -0.686. The lowest BCUT2D eigenvalue weighted by molar-refractivity contribution is -0.128. The molecule has 1 fully saturated rings. The van der Waals surface area contributed by atoms with Crippen LogP contribution in [0.25, 0.3) is 0 Å². The molecule has 0 aliphatic carbocycles. The van der Waals surface area contributed by atoms with E-state index < -0.39 is 12.1 Å². The van der Waals surface area contributed by atoms with Gasteiger partial charge >= 0.3 is 6.03 Å². The molecule has 0 saturated carbocycles. The fourth-order valence-corrected chi connectivity index (χ4v) is 2.67. The largest absolute Gasteiger partial charge is 0.394 e. The monoisotopic (exact) mass is 347 g/mol. The molecule has 1 aliphatic rings. The van der Waals surface area contributed by atoms with Gasteiger partial charge in [-0.2, -0.15) is 0 Å². The predicted molar refractivity (Wildman–Crippen MR) is 92.4 cm³/mol. The van der Waals surface area contributed by atoms with Crippen LogP contribution in [0.1, 0.15) is 32.3 Å². The van der Waals surface area contributed by atoms with Crippen LogP contribution in [0.2, 0.25) is 0 Å². The van der Waals surface area contributed by atoms with E-state index in [1.54, 1.807) is 0 Å². The molecule has 1 heterocycles. The van der Waals surface area contributed by atoms with Crippen molar-refractivity contribution >= 4 is 17.8 Å². The Morgan fingerprint density at radius 3 is 2.56 bits per heavy atom. The SMILES string of the molecule is CC(C)[C@@H](CO)NC(=O)CC[C@H]1NC(=O)N(Cc2ccccc2)C1=O. The highest BCUT2D eigenvalue weighted by Crippen LogP contribution is 2.15. The summed E-state index contributed by atoms with van der Waals surface area (Å²) in [5, 5.41) is 14.6. The number of carbonyl (C=O) groups excluding carboxylic acids is 3. The molecule has 1 aromatic carbocycles. The molecule has 0 unspecified atom stereocenters. The van der Waals surface area contributed by atoms with Gasteiger partial charge in [0.2, 0.25) is 5.91 Å². The van der Waals surface area contributed by atoms with Gasteiger partial charge in [-0.3, -0.25) is 14.5 Å². The van der Waals surface area contributed by atoms with Gasteiger partial charge in [0.15, 0.2) is 0 Å².